The molecule has 1 aliphatic carbocycles. The Morgan fingerprint density at radius 3 is 2.74 bits per heavy atom. The summed E-state index contributed by atoms with van der Waals surface area (Å²) in [6, 6.07) is 9.85. The lowest BCUT2D eigenvalue weighted by atomic mass is 9.96. The highest BCUT2D eigenvalue weighted by Crippen LogP contribution is 2.28. The number of aromatic nitrogens is 2. The van der Waals surface area contributed by atoms with Crippen LogP contribution in [0.4, 0.5) is 0 Å². The summed E-state index contributed by atoms with van der Waals surface area (Å²) in [5.41, 5.74) is 3.40. The summed E-state index contributed by atoms with van der Waals surface area (Å²) in [5, 5.41) is 10.2. The number of aromatic amines is 1. The van der Waals surface area contributed by atoms with Crippen molar-refractivity contribution in [1.82, 2.24) is 20.4 Å². The molecule has 1 aliphatic heterocycles. The third-order valence-corrected chi connectivity index (χ3v) is 5.50. The molecule has 27 heavy (non-hydrogen) atoms. The van der Waals surface area contributed by atoms with E-state index in [1.165, 1.54) is 18.4 Å². The fourth-order valence-electron chi connectivity index (χ4n) is 3.56. The van der Waals surface area contributed by atoms with Crippen molar-refractivity contribution in [3.05, 3.63) is 41.6 Å². The van der Waals surface area contributed by atoms with Gasteiger partial charge >= 0.3 is 0 Å². The number of nitrogens with one attached hydrogen (secondary N) is 2. The molecule has 2 fully saturated rings. The first-order valence-corrected chi connectivity index (χ1v) is 9.79. The van der Waals surface area contributed by atoms with Crippen LogP contribution in [0, 0.1) is 18.8 Å². The molecular weight excluding hydrogens is 340 g/mol. The number of aryl methyl sites for hydroxylation is 1. The number of benzene rings is 1. The molecule has 1 aromatic carbocycles. The molecule has 1 atom stereocenters. The van der Waals surface area contributed by atoms with Crippen LogP contribution in [0.5, 0.6) is 0 Å². The van der Waals surface area contributed by atoms with Gasteiger partial charge in [0, 0.05) is 25.2 Å². The molecule has 1 aromatic heterocycles. The monoisotopic (exact) mass is 366 g/mol. The summed E-state index contributed by atoms with van der Waals surface area (Å²) in [4.78, 5) is 27.0. The first-order chi connectivity index (χ1) is 13.1. The Bertz CT molecular complexity index is 823. The minimum atomic E-state index is -0.110. The molecule has 2 amide bonds. The van der Waals surface area contributed by atoms with Crippen molar-refractivity contribution in [1.29, 1.82) is 0 Å². The maximum absolute atomic E-state index is 12.9. The van der Waals surface area contributed by atoms with Crippen LogP contribution in [-0.2, 0) is 4.79 Å². The lowest BCUT2D eigenvalue weighted by Crippen LogP contribution is -2.45. The van der Waals surface area contributed by atoms with Gasteiger partial charge in [-0.15, -0.1) is 0 Å². The number of rotatable bonds is 5. The molecule has 6 heteroatoms. The zero-order valence-electron chi connectivity index (χ0n) is 15.7. The van der Waals surface area contributed by atoms with Crippen molar-refractivity contribution in [2.45, 2.75) is 32.6 Å². The minimum Gasteiger partial charge on any atom is -0.356 e. The number of hydrogen-bond acceptors (Lipinski definition) is 3. The zero-order chi connectivity index (χ0) is 18.8. The summed E-state index contributed by atoms with van der Waals surface area (Å²) in [7, 11) is 0. The Morgan fingerprint density at radius 1 is 1.22 bits per heavy atom. The van der Waals surface area contributed by atoms with E-state index < -0.39 is 0 Å². The van der Waals surface area contributed by atoms with E-state index in [4.69, 9.17) is 0 Å². The van der Waals surface area contributed by atoms with Gasteiger partial charge in [-0.25, -0.2) is 0 Å². The smallest absolute Gasteiger partial charge is 0.271 e. The van der Waals surface area contributed by atoms with Gasteiger partial charge in [0.1, 0.15) is 5.69 Å². The number of H-pyrrole nitrogens is 1. The number of piperidine rings is 1. The van der Waals surface area contributed by atoms with Crippen molar-refractivity contribution in [2.75, 3.05) is 19.6 Å². The first-order valence-electron chi connectivity index (χ1n) is 9.79. The van der Waals surface area contributed by atoms with Crippen LogP contribution >= 0.6 is 0 Å². The summed E-state index contributed by atoms with van der Waals surface area (Å²) in [6.45, 7) is 3.99. The fourth-order valence-corrected chi connectivity index (χ4v) is 3.56. The normalized spacial score (nSPS) is 19.7. The molecule has 2 heterocycles. The quantitative estimate of drug-likeness (QED) is 0.854. The van der Waals surface area contributed by atoms with Gasteiger partial charge in [-0.1, -0.05) is 29.8 Å². The van der Waals surface area contributed by atoms with Crippen molar-refractivity contribution < 1.29 is 9.59 Å². The van der Waals surface area contributed by atoms with Crippen LogP contribution in [0.1, 0.15) is 41.7 Å². The number of carbonyl (C=O) groups excluding carboxylic acids is 2. The molecule has 1 saturated heterocycles. The number of likely N-dealkylation sites (tertiary alicyclic amines) is 1. The number of carbonyl (C=O) groups is 2. The Morgan fingerprint density at radius 2 is 2.00 bits per heavy atom. The van der Waals surface area contributed by atoms with Crippen LogP contribution in [0.25, 0.3) is 11.3 Å². The van der Waals surface area contributed by atoms with Crippen molar-refractivity contribution in [3.8, 4) is 11.3 Å². The van der Waals surface area contributed by atoms with Crippen LogP contribution in [-0.4, -0.2) is 46.5 Å². The van der Waals surface area contributed by atoms with Gasteiger partial charge in [0.15, 0.2) is 0 Å². The van der Waals surface area contributed by atoms with Gasteiger partial charge in [0.05, 0.1) is 11.6 Å². The Balaban J connectivity index is 1.39. The largest absolute Gasteiger partial charge is 0.356 e. The van der Waals surface area contributed by atoms with E-state index in [9.17, 15) is 9.59 Å². The minimum absolute atomic E-state index is 0.0828. The molecule has 142 valence electrons. The predicted molar refractivity (Wildman–Crippen MR) is 103 cm³/mol. The van der Waals surface area contributed by atoms with E-state index in [0.29, 0.717) is 24.7 Å². The molecule has 2 aliphatic rings. The summed E-state index contributed by atoms with van der Waals surface area (Å²) >= 11 is 0. The van der Waals surface area contributed by atoms with E-state index >= 15 is 0 Å². The lowest BCUT2D eigenvalue weighted by Gasteiger charge is -2.31. The highest BCUT2D eigenvalue weighted by molar-refractivity contribution is 5.94. The predicted octanol–water partition coefficient (Wildman–Crippen LogP) is 2.76. The second-order valence-corrected chi connectivity index (χ2v) is 7.81. The van der Waals surface area contributed by atoms with E-state index in [2.05, 4.69) is 15.5 Å². The fraction of sp³-hybridized carbons (Fsp3) is 0.476. The van der Waals surface area contributed by atoms with E-state index in [0.717, 1.165) is 30.6 Å². The first kappa shape index (κ1) is 17.8. The number of amides is 2. The average Bonchev–Trinajstić information content (AvgIpc) is 3.40. The Kier molecular flexibility index (Phi) is 4.97. The van der Waals surface area contributed by atoms with Crippen LogP contribution in [0.15, 0.2) is 30.3 Å². The molecule has 0 bridgehead atoms. The molecule has 0 radical (unpaired) electrons. The van der Waals surface area contributed by atoms with E-state index in [1.54, 1.807) is 11.0 Å². The van der Waals surface area contributed by atoms with Crippen LogP contribution in [0.2, 0.25) is 0 Å². The van der Waals surface area contributed by atoms with Crippen LogP contribution in [0.3, 0.4) is 0 Å². The number of hydrogen-bond donors (Lipinski definition) is 2. The highest BCUT2D eigenvalue weighted by Gasteiger charge is 2.30. The van der Waals surface area contributed by atoms with E-state index in [-0.39, 0.29) is 17.7 Å². The average molecular weight is 366 g/mol. The molecule has 6 nitrogen and oxygen atoms in total. The summed E-state index contributed by atoms with van der Waals surface area (Å²) in [6.07, 6.45) is 4.14. The van der Waals surface area contributed by atoms with Gasteiger partial charge < -0.3 is 10.2 Å². The highest BCUT2D eigenvalue weighted by atomic mass is 16.2. The zero-order valence-corrected chi connectivity index (χ0v) is 15.7. The topological polar surface area (TPSA) is 78.1 Å². The van der Waals surface area contributed by atoms with Crippen LogP contribution < -0.4 is 5.32 Å². The SMILES string of the molecule is Cc1ccc(-c2cc(C(=O)N3CCC[C@@H](C(=O)NCC4CC4)C3)[nH]n2)cc1. The van der Waals surface area contributed by atoms with Crippen molar-refractivity contribution in [3.63, 3.8) is 0 Å². The van der Waals surface area contributed by atoms with Gasteiger partial charge in [-0.3, -0.25) is 14.7 Å². The summed E-state index contributed by atoms with van der Waals surface area (Å²) in [5.74, 6) is 0.561. The Hall–Kier alpha value is -2.63. The third-order valence-electron chi connectivity index (χ3n) is 5.50. The molecule has 0 unspecified atom stereocenters. The van der Waals surface area contributed by atoms with Gasteiger partial charge in [-0.2, -0.15) is 5.10 Å². The standard InChI is InChI=1S/C21H26N4O2/c1-14-4-8-16(9-5-14)18-11-19(24-23-18)21(27)25-10-2-3-17(13-25)20(26)22-12-15-6-7-15/h4-5,8-9,11,15,17H,2-3,6-7,10,12-13H2,1H3,(H,22,26)(H,23,24)/t17-/m1/s1. The maximum Gasteiger partial charge on any atom is 0.271 e. The maximum atomic E-state index is 12.9. The molecule has 2 aromatic rings. The molecule has 0 spiro atoms. The number of nitrogens with zero attached hydrogens (tertiary/aromatic N) is 2. The van der Waals surface area contributed by atoms with Crippen molar-refractivity contribution in [2.24, 2.45) is 11.8 Å². The van der Waals surface area contributed by atoms with Gasteiger partial charge in [0.2, 0.25) is 5.91 Å². The summed E-state index contributed by atoms with van der Waals surface area (Å²) < 4.78 is 0. The lowest BCUT2D eigenvalue weighted by molar-refractivity contribution is -0.126. The third kappa shape index (κ3) is 4.21. The molecule has 2 N–H and O–H groups in total. The van der Waals surface area contributed by atoms with Gasteiger partial charge in [-0.05, 0) is 44.6 Å². The van der Waals surface area contributed by atoms with E-state index in [1.807, 2.05) is 31.2 Å². The second kappa shape index (κ2) is 7.55. The Labute approximate surface area is 159 Å². The molecule has 1 saturated carbocycles. The van der Waals surface area contributed by atoms with Gasteiger partial charge in [0.25, 0.3) is 5.91 Å². The molecule has 4 rings (SSSR count). The molecular formula is C21H26N4O2. The second-order valence-electron chi connectivity index (χ2n) is 7.81. The van der Waals surface area contributed by atoms with Crippen molar-refractivity contribution >= 4 is 11.8 Å².